The Kier molecular flexibility index (Phi) is 36.5. The van der Waals surface area contributed by atoms with E-state index >= 15 is 0 Å². The van der Waals surface area contributed by atoms with Crippen molar-refractivity contribution >= 4 is 108 Å². The van der Waals surface area contributed by atoms with Crippen LogP contribution in [0.5, 0.6) is 0 Å². The minimum Gasteiger partial charge on any atom is -0.360 e. The van der Waals surface area contributed by atoms with Crippen LogP contribution in [-0.4, -0.2) is 29.9 Å². The number of nitriles is 2. The zero-order chi connectivity index (χ0) is 61.6. The van der Waals surface area contributed by atoms with Crippen molar-refractivity contribution in [3.63, 3.8) is 0 Å². The summed E-state index contributed by atoms with van der Waals surface area (Å²) in [6.45, 7) is 41.3. The number of aromatic nitrogens is 6. The Morgan fingerprint density at radius 3 is 1.37 bits per heavy atom. The number of aromatic amines is 2. The molecule has 0 saturated carbocycles. The molecule has 0 amide bonds. The zero-order valence-electron chi connectivity index (χ0n) is 52.7. The summed E-state index contributed by atoms with van der Waals surface area (Å²) in [4.78, 5) is 23.0. The molecule has 6 aromatic carbocycles. The van der Waals surface area contributed by atoms with Crippen molar-refractivity contribution in [2.75, 3.05) is 0 Å². The zero-order valence-corrected chi connectivity index (χ0v) is 56.0. The molecular formula is C70H92N8S4. The van der Waals surface area contributed by atoms with Gasteiger partial charge in [-0.05, 0) is 144 Å². The highest BCUT2D eigenvalue weighted by molar-refractivity contribution is 7.17. The van der Waals surface area contributed by atoms with Crippen molar-refractivity contribution in [1.82, 2.24) is 29.9 Å². The summed E-state index contributed by atoms with van der Waals surface area (Å²) >= 11 is 6.75. The largest absolute Gasteiger partial charge is 0.360 e. The number of benzene rings is 6. The number of rotatable bonds is 3. The van der Waals surface area contributed by atoms with Gasteiger partial charge in [0.25, 0.3) is 0 Å². The number of H-pyrrole nitrogens is 2. The maximum absolute atomic E-state index is 8.99. The smallest absolute Gasteiger partial charge is 0.101 e. The second-order valence-electron chi connectivity index (χ2n) is 17.8. The fourth-order valence-corrected chi connectivity index (χ4v) is 10.0. The maximum atomic E-state index is 8.99. The molecule has 0 aliphatic carbocycles. The number of nitrogens with zero attached hydrogens (tertiary/aromatic N) is 6. The number of hydrogen-bond donors (Lipinski definition) is 2. The van der Waals surface area contributed by atoms with Crippen molar-refractivity contribution in [3.05, 3.63) is 189 Å². The molecule has 12 heteroatoms. The van der Waals surface area contributed by atoms with Crippen molar-refractivity contribution in [2.45, 2.75) is 163 Å². The van der Waals surface area contributed by atoms with E-state index in [-0.39, 0.29) is 5.41 Å². The Morgan fingerprint density at radius 2 is 0.890 bits per heavy atom. The molecule has 0 aliphatic heterocycles. The van der Waals surface area contributed by atoms with Crippen LogP contribution in [0.4, 0.5) is 0 Å². The van der Waals surface area contributed by atoms with Crippen molar-refractivity contribution in [2.24, 2.45) is 0 Å². The normalized spacial score (nSPS) is 9.65. The number of thiazole rings is 4. The predicted molar refractivity (Wildman–Crippen MR) is 369 cm³/mol. The third kappa shape index (κ3) is 22.7. The lowest BCUT2D eigenvalue weighted by Crippen LogP contribution is -2.10. The third-order valence-electron chi connectivity index (χ3n) is 11.4. The first kappa shape index (κ1) is 73.0. The van der Waals surface area contributed by atoms with Crippen LogP contribution < -0.4 is 0 Å². The third-order valence-corrected chi connectivity index (χ3v) is 14.7. The van der Waals surface area contributed by atoms with Gasteiger partial charge in [-0.2, -0.15) is 10.5 Å². The van der Waals surface area contributed by atoms with E-state index in [1.165, 1.54) is 46.6 Å². The molecule has 2 N–H and O–H groups in total. The summed E-state index contributed by atoms with van der Waals surface area (Å²) in [6, 6.07) is 44.0. The first-order valence-electron chi connectivity index (χ1n) is 29.1. The molecule has 0 bridgehead atoms. The van der Waals surface area contributed by atoms with Crippen molar-refractivity contribution in [3.8, 4) is 12.1 Å². The molecule has 436 valence electrons. The minimum absolute atomic E-state index is 0.220. The van der Waals surface area contributed by atoms with Crippen LogP contribution in [0.25, 0.3) is 62.7 Å². The SMILES string of the molecule is CC.CC.CC.CC.CC.CC.CC(C)(C)c1ccc2scnc2c1.CC(C)c1cc(C#N)c2[nH]ccc2c1.CCc1cc(C#N)c2[nH]ccc2c1.CCc1ccc2scnc2c1.Cc1ccc2scnc2c1.c1ccc2scnc2c1. The molecule has 82 heavy (non-hydrogen) atoms. The topological polar surface area (TPSA) is 131 Å². The predicted octanol–water partition coefficient (Wildman–Crippen LogP) is 23.3. The van der Waals surface area contributed by atoms with E-state index < -0.39 is 0 Å². The lowest BCUT2D eigenvalue weighted by molar-refractivity contribution is 0.591. The molecule has 0 fully saturated rings. The van der Waals surface area contributed by atoms with Crippen LogP contribution >= 0.6 is 45.3 Å². The molecule has 0 aliphatic rings. The summed E-state index contributed by atoms with van der Waals surface area (Å²) in [5.74, 6) is 0.460. The standard InChI is InChI=1S/C12H12N2.C11H10N2.C11H13NS.C9H9NS.C8H7NS.C7H5NS.6C2H6/c1-8(2)10-5-9-3-4-14-12(9)11(6-10)7-13;1-2-8-5-9-3-4-13-11(9)10(6-8)7-12;1-11(2,3)8-4-5-10-9(6-8)12-7-13-10;1-2-7-3-4-9-8(5-7)10-6-11-9;1-6-2-3-8-7(4-6)9-5-10-8;1-2-4-7-6(3-1)8-5-9-7;6*1-2/h3-6,8,14H,1-2H3;3-6,13H,2H2,1H3;4-7H,1-3H3;3-6H,2H2,1H3;2-5H,1H3;1-5H;6*1-2H3. The van der Waals surface area contributed by atoms with Gasteiger partial charge in [0.1, 0.15) is 12.1 Å². The van der Waals surface area contributed by atoms with E-state index in [4.69, 9.17) is 10.5 Å². The van der Waals surface area contributed by atoms with Crippen LogP contribution in [0.15, 0.2) is 150 Å². The number of nitrogens with one attached hydrogen (secondary N) is 2. The van der Waals surface area contributed by atoms with Gasteiger partial charge in [0.15, 0.2) is 0 Å². The fourth-order valence-electron chi connectivity index (χ4n) is 7.36. The molecule has 0 unspecified atom stereocenters. The highest BCUT2D eigenvalue weighted by Crippen LogP contribution is 2.28. The molecule has 6 aromatic heterocycles. The van der Waals surface area contributed by atoms with Gasteiger partial charge in [0.2, 0.25) is 0 Å². The second kappa shape index (κ2) is 41.0. The highest BCUT2D eigenvalue weighted by atomic mass is 32.1. The van der Waals surface area contributed by atoms with Gasteiger partial charge >= 0.3 is 0 Å². The summed E-state index contributed by atoms with van der Waals surface area (Å²) in [5.41, 5.74) is 22.0. The van der Waals surface area contributed by atoms with Gasteiger partial charge in [-0.25, -0.2) is 19.9 Å². The molecular weight excluding hydrogens is 1080 g/mol. The van der Waals surface area contributed by atoms with Crippen molar-refractivity contribution in [1.29, 1.82) is 10.5 Å². The summed E-state index contributed by atoms with van der Waals surface area (Å²) < 4.78 is 5.08. The van der Waals surface area contributed by atoms with E-state index in [2.05, 4.69) is 170 Å². The highest BCUT2D eigenvalue weighted by Gasteiger charge is 2.14. The van der Waals surface area contributed by atoms with E-state index in [0.29, 0.717) is 5.92 Å². The Hall–Kier alpha value is -7.06. The number of hydrogen-bond acceptors (Lipinski definition) is 10. The monoisotopic (exact) mass is 1170 g/mol. The molecule has 0 radical (unpaired) electrons. The van der Waals surface area contributed by atoms with Crippen molar-refractivity contribution < 1.29 is 0 Å². The molecule has 12 aromatic rings. The fraction of sp³-hybridized carbons (Fsp3) is 0.343. The molecule has 0 atom stereocenters. The summed E-state index contributed by atoms with van der Waals surface area (Å²) in [7, 11) is 0. The quantitative estimate of drug-likeness (QED) is 0.181. The Labute approximate surface area is 508 Å². The van der Waals surface area contributed by atoms with Gasteiger partial charge in [0.05, 0.1) is 85.1 Å². The number of fused-ring (bicyclic) bond motifs is 6. The molecule has 12 rings (SSSR count). The van der Waals surface area contributed by atoms with Gasteiger partial charge in [-0.3, -0.25) is 0 Å². The molecule has 6 heterocycles. The van der Waals surface area contributed by atoms with Crippen LogP contribution in [-0.2, 0) is 18.3 Å². The van der Waals surface area contributed by atoms with Gasteiger partial charge in [-0.1, -0.05) is 162 Å². The van der Waals surface area contributed by atoms with E-state index in [1.807, 2.05) is 160 Å². The van der Waals surface area contributed by atoms with E-state index in [0.717, 1.165) is 67.8 Å². The average Bonchev–Trinajstić information content (AvgIpc) is 4.45. The molecule has 0 spiro atoms. The van der Waals surface area contributed by atoms with Crippen LogP contribution in [0.1, 0.15) is 176 Å². The van der Waals surface area contributed by atoms with Gasteiger partial charge < -0.3 is 9.97 Å². The van der Waals surface area contributed by atoms with E-state index in [1.54, 1.807) is 45.3 Å². The van der Waals surface area contributed by atoms with Crippen LogP contribution in [0.3, 0.4) is 0 Å². The maximum Gasteiger partial charge on any atom is 0.101 e. The van der Waals surface area contributed by atoms with Gasteiger partial charge in [0, 0.05) is 23.2 Å². The molecule has 0 saturated heterocycles. The second-order valence-corrected chi connectivity index (χ2v) is 21.3. The number of para-hydroxylation sites is 1. The van der Waals surface area contributed by atoms with Crippen LogP contribution in [0.2, 0.25) is 0 Å². The molecule has 8 nitrogen and oxygen atoms in total. The summed E-state index contributed by atoms with van der Waals surface area (Å²) in [5, 5.41) is 20.1. The Morgan fingerprint density at radius 1 is 0.463 bits per heavy atom. The van der Waals surface area contributed by atoms with Crippen LogP contribution in [0, 0.1) is 29.6 Å². The average molecular weight is 1170 g/mol. The number of aryl methyl sites for hydroxylation is 3. The lowest BCUT2D eigenvalue weighted by atomic mass is 9.87. The van der Waals surface area contributed by atoms with E-state index in [9.17, 15) is 0 Å². The first-order chi connectivity index (χ1) is 39.9. The Bertz CT molecular complexity index is 3650. The van der Waals surface area contributed by atoms with Gasteiger partial charge in [-0.15, -0.1) is 45.3 Å². The first-order valence-corrected chi connectivity index (χ1v) is 32.6. The Balaban J connectivity index is 0.000000476. The minimum atomic E-state index is 0.220. The lowest BCUT2D eigenvalue weighted by Gasteiger charge is -2.18. The summed E-state index contributed by atoms with van der Waals surface area (Å²) in [6.07, 6.45) is 5.80.